The summed E-state index contributed by atoms with van der Waals surface area (Å²) in [7, 11) is -4.05. The van der Waals surface area contributed by atoms with Crippen LogP contribution < -0.4 is 20.1 Å². The molecule has 4 rings (SSSR count). The molecule has 0 bridgehead atoms. The molecule has 42 heavy (non-hydrogen) atoms. The van der Waals surface area contributed by atoms with Crippen molar-refractivity contribution >= 4 is 42.9 Å². The first kappa shape index (κ1) is 30.3. The fraction of sp³-hybridized carbons (Fsp3) is 0.133. The second-order valence-electron chi connectivity index (χ2n) is 9.34. The molecule has 0 spiro atoms. The van der Waals surface area contributed by atoms with Crippen LogP contribution in [0.2, 0.25) is 0 Å². The highest BCUT2D eigenvalue weighted by Gasteiger charge is 2.17. The molecule has 0 aromatic heterocycles. The largest absolute Gasteiger partial charge is 0.495 e. The van der Waals surface area contributed by atoms with Crippen molar-refractivity contribution in [2.45, 2.75) is 9.79 Å². The molecule has 2 N–H and O–H groups in total. The third kappa shape index (κ3) is 6.96. The van der Waals surface area contributed by atoms with Gasteiger partial charge in [0.15, 0.2) is 19.7 Å². The van der Waals surface area contributed by atoms with E-state index in [1.54, 1.807) is 36.4 Å². The van der Waals surface area contributed by atoms with Crippen LogP contribution in [0.5, 0.6) is 11.5 Å². The minimum atomic E-state index is -3.48. The van der Waals surface area contributed by atoms with Gasteiger partial charge in [0.2, 0.25) is 0 Å². The Kier molecular flexibility index (Phi) is 8.69. The maximum absolute atomic E-state index is 12.9. The zero-order chi connectivity index (χ0) is 30.7. The van der Waals surface area contributed by atoms with E-state index in [1.165, 1.54) is 62.8 Å². The molecular formula is C30H28N2O8S2. The van der Waals surface area contributed by atoms with Gasteiger partial charge < -0.3 is 20.1 Å². The Labute approximate surface area is 244 Å². The van der Waals surface area contributed by atoms with E-state index in [9.17, 15) is 26.4 Å². The first-order valence-corrected chi connectivity index (χ1v) is 16.2. The van der Waals surface area contributed by atoms with Crippen LogP contribution in [0.25, 0.3) is 11.1 Å². The van der Waals surface area contributed by atoms with Crippen LogP contribution in [-0.2, 0) is 19.7 Å². The first-order chi connectivity index (χ1) is 19.8. The standard InChI is InChI=1S/C30H28N2O8S2/c1-39-27-17-19(11-13-25(27)31-29(33)21-7-5-9-23(15-21)41(3,35)36)20-12-14-26(28(18-20)40-2)32-30(34)22-8-6-10-24(16-22)42(4,37)38/h5-18H,1-4H3,(H,31,33)(H,32,34). The Morgan fingerprint density at radius 3 is 1.29 bits per heavy atom. The van der Waals surface area contributed by atoms with Gasteiger partial charge in [-0.1, -0.05) is 24.3 Å². The number of amides is 2. The van der Waals surface area contributed by atoms with E-state index in [0.29, 0.717) is 22.9 Å². The summed E-state index contributed by atoms with van der Waals surface area (Å²) in [6, 6.07) is 21.7. The fourth-order valence-corrected chi connectivity index (χ4v) is 5.41. The van der Waals surface area contributed by atoms with E-state index in [2.05, 4.69) is 10.6 Å². The fourth-order valence-electron chi connectivity index (χ4n) is 4.07. The molecule has 2 amide bonds. The molecule has 4 aromatic carbocycles. The van der Waals surface area contributed by atoms with E-state index in [0.717, 1.165) is 23.6 Å². The van der Waals surface area contributed by atoms with Gasteiger partial charge in [-0.25, -0.2) is 16.8 Å². The Hall–Kier alpha value is -4.68. The normalized spacial score (nSPS) is 11.4. The monoisotopic (exact) mass is 608 g/mol. The number of ether oxygens (including phenoxy) is 2. The summed E-state index contributed by atoms with van der Waals surface area (Å²) in [6.45, 7) is 0. The van der Waals surface area contributed by atoms with E-state index in [1.807, 2.05) is 0 Å². The summed E-state index contributed by atoms with van der Waals surface area (Å²) in [4.78, 5) is 25.8. The molecule has 0 aliphatic rings. The van der Waals surface area contributed by atoms with Crippen molar-refractivity contribution < 1.29 is 35.9 Å². The van der Waals surface area contributed by atoms with Gasteiger partial charge >= 0.3 is 0 Å². The summed E-state index contributed by atoms with van der Waals surface area (Å²) in [5.41, 5.74) is 2.55. The average molecular weight is 609 g/mol. The predicted molar refractivity (Wildman–Crippen MR) is 160 cm³/mol. The summed E-state index contributed by atoms with van der Waals surface area (Å²) >= 11 is 0. The summed E-state index contributed by atoms with van der Waals surface area (Å²) in [6.07, 6.45) is 2.14. The molecule has 0 heterocycles. The lowest BCUT2D eigenvalue weighted by Crippen LogP contribution is -2.13. The van der Waals surface area contributed by atoms with Gasteiger partial charge in [-0.05, 0) is 71.8 Å². The molecule has 0 saturated carbocycles. The minimum absolute atomic E-state index is 0.0356. The zero-order valence-corrected chi connectivity index (χ0v) is 24.8. The van der Waals surface area contributed by atoms with Crippen molar-refractivity contribution in [3.8, 4) is 22.6 Å². The lowest BCUT2D eigenvalue weighted by Gasteiger charge is -2.15. The number of sulfone groups is 2. The molecule has 12 heteroatoms. The number of hydrogen-bond acceptors (Lipinski definition) is 8. The number of anilines is 2. The van der Waals surface area contributed by atoms with Crippen molar-refractivity contribution in [1.82, 2.24) is 0 Å². The predicted octanol–water partition coefficient (Wildman–Crippen LogP) is 4.68. The number of nitrogens with one attached hydrogen (secondary N) is 2. The quantitative estimate of drug-likeness (QED) is 0.279. The zero-order valence-electron chi connectivity index (χ0n) is 23.2. The third-order valence-electron chi connectivity index (χ3n) is 6.28. The van der Waals surface area contributed by atoms with Crippen LogP contribution in [-0.4, -0.2) is 55.4 Å². The third-order valence-corrected chi connectivity index (χ3v) is 8.50. The topological polar surface area (TPSA) is 145 Å². The van der Waals surface area contributed by atoms with Crippen LogP contribution >= 0.6 is 0 Å². The van der Waals surface area contributed by atoms with E-state index in [4.69, 9.17) is 9.47 Å². The Bertz CT molecular complexity index is 1760. The highest BCUT2D eigenvalue weighted by molar-refractivity contribution is 7.91. The van der Waals surface area contributed by atoms with Gasteiger partial charge in [0, 0.05) is 23.6 Å². The first-order valence-electron chi connectivity index (χ1n) is 12.4. The molecular weight excluding hydrogens is 580 g/mol. The number of carbonyl (C=O) groups is 2. The summed E-state index contributed by atoms with van der Waals surface area (Å²) in [5.74, 6) is -0.282. The smallest absolute Gasteiger partial charge is 0.255 e. The number of benzene rings is 4. The van der Waals surface area contributed by atoms with Crippen molar-refractivity contribution in [3.63, 3.8) is 0 Å². The van der Waals surface area contributed by atoms with Crippen LogP contribution in [0.15, 0.2) is 94.7 Å². The van der Waals surface area contributed by atoms with Crippen molar-refractivity contribution in [1.29, 1.82) is 0 Å². The molecule has 0 radical (unpaired) electrons. The second-order valence-corrected chi connectivity index (χ2v) is 13.4. The van der Waals surface area contributed by atoms with Crippen LogP contribution in [0, 0.1) is 0 Å². The number of methoxy groups -OCH3 is 2. The molecule has 0 saturated heterocycles. The molecule has 218 valence electrons. The molecule has 0 atom stereocenters. The lowest BCUT2D eigenvalue weighted by molar-refractivity contribution is 0.101. The maximum atomic E-state index is 12.9. The van der Waals surface area contributed by atoms with E-state index < -0.39 is 31.5 Å². The van der Waals surface area contributed by atoms with Gasteiger partial charge in [0.25, 0.3) is 11.8 Å². The second kappa shape index (κ2) is 12.0. The van der Waals surface area contributed by atoms with Crippen molar-refractivity contribution in [2.75, 3.05) is 37.4 Å². The van der Waals surface area contributed by atoms with Gasteiger partial charge in [0.05, 0.1) is 35.4 Å². The molecule has 0 fully saturated rings. The summed E-state index contributed by atoms with van der Waals surface area (Å²) in [5, 5.41) is 5.50. The van der Waals surface area contributed by atoms with E-state index in [-0.39, 0.29) is 20.9 Å². The Morgan fingerprint density at radius 2 is 0.952 bits per heavy atom. The Morgan fingerprint density at radius 1 is 0.571 bits per heavy atom. The van der Waals surface area contributed by atoms with Gasteiger partial charge in [-0.3, -0.25) is 9.59 Å². The minimum Gasteiger partial charge on any atom is -0.495 e. The highest BCUT2D eigenvalue weighted by atomic mass is 32.2. The lowest BCUT2D eigenvalue weighted by atomic mass is 10.0. The molecule has 4 aromatic rings. The van der Waals surface area contributed by atoms with E-state index >= 15 is 0 Å². The number of hydrogen-bond donors (Lipinski definition) is 2. The van der Waals surface area contributed by atoms with Gasteiger partial charge in [0.1, 0.15) is 11.5 Å². The van der Waals surface area contributed by atoms with Gasteiger partial charge in [-0.15, -0.1) is 0 Å². The maximum Gasteiger partial charge on any atom is 0.255 e. The van der Waals surface area contributed by atoms with Crippen LogP contribution in [0.1, 0.15) is 20.7 Å². The molecule has 10 nitrogen and oxygen atoms in total. The highest BCUT2D eigenvalue weighted by Crippen LogP contribution is 2.35. The van der Waals surface area contributed by atoms with Crippen LogP contribution in [0.4, 0.5) is 11.4 Å². The van der Waals surface area contributed by atoms with Crippen LogP contribution in [0.3, 0.4) is 0 Å². The van der Waals surface area contributed by atoms with Crippen molar-refractivity contribution in [2.24, 2.45) is 0 Å². The molecule has 0 aliphatic heterocycles. The number of carbonyl (C=O) groups excluding carboxylic acids is 2. The molecule has 0 unspecified atom stereocenters. The molecule has 0 aliphatic carbocycles. The van der Waals surface area contributed by atoms with Crippen molar-refractivity contribution in [3.05, 3.63) is 96.1 Å². The Balaban J connectivity index is 1.56. The average Bonchev–Trinajstić information content (AvgIpc) is 2.96. The van der Waals surface area contributed by atoms with Gasteiger partial charge in [-0.2, -0.15) is 0 Å². The SMILES string of the molecule is COc1cc(-c2ccc(NC(=O)c3cccc(S(C)(=O)=O)c3)c(OC)c2)ccc1NC(=O)c1cccc(S(C)(=O)=O)c1. The number of rotatable bonds is 9. The summed E-state index contributed by atoms with van der Waals surface area (Å²) < 4.78 is 58.5.